The maximum atomic E-state index is 11.8. The predicted octanol–water partition coefficient (Wildman–Crippen LogP) is 2.60. The minimum atomic E-state index is -3.09. The average molecular weight is 363 g/mol. The molecule has 4 rings (SSSR count). The number of aromatic nitrogens is 2. The number of hydrogen-bond acceptors (Lipinski definition) is 4. The molecule has 2 fully saturated rings. The largest absolute Gasteiger partial charge is 0.381 e. The minimum Gasteiger partial charge on any atom is -0.381 e. The molecule has 2 aliphatic heterocycles. The highest BCUT2D eigenvalue weighted by Gasteiger charge is 2.28. The van der Waals surface area contributed by atoms with Crippen molar-refractivity contribution in [2.75, 3.05) is 32.6 Å². The lowest BCUT2D eigenvalue weighted by Crippen LogP contribution is -2.37. The van der Waals surface area contributed by atoms with Gasteiger partial charge in [-0.1, -0.05) is 6.07 Å². The Labute approximate surface area is 148 Å². The average Bonchev–Trinajstić information content (AvgIpc) is 3.09. The van der Waals surface area contributed by atoms with Gasteiger partial charge in [-0.05, 0) is 54.7 Å². The molecule has 0 radical (unpaired) electrons. The number of nitrogens with zero attached hydrogens (tertiary/aromatic N) is 2. The van der Waals surface area contributed by atoms with E-state index in [9.17, 15) is 8.42 Å². The molecular formula is C18H25N3O3S. The summed E-state index contributed by atoms with van der Waals surface area (Å²) in [6, 6.07) is 4.57. The van der Waals surface area contributed by atoms with E-state index in [2.05, 4.69) is 22.3 Å². The highest BCUT2D eigenvalue weighted by Crippen LogP contribution is 2.37. The second kappa shape index (κ2) is 6.70. The van der Waals surface area contributed by atoms with Gasteiger partial charge in [-0.25, -0.2) is 12.7 Å². The van der Waals surface area contributed by atoms with Crippen molar-refractivity contribution in [2.45, 2.75) is 37.5 Å². The number of benzene rings is 1. The Morgan fingerprint density at radius 2 is 1.84 bits per heavy atom. The zero-order chi connectivity index (χ0) is 17.4. The Hall–Kier alpha value is -1.44. The van der Waals surface area contributed by atoms with Gasteiger partial charge in [0.15, 0.2) is 0 Å². The first kappa shape index (κ1) is 17.0. The van der Waals surface area contributed by atoms with Crippen molar-refractivity contribution >= 4 is 20.9 Å². The number of sulfonamides is 1. The fraction of sp³-hybridized carbons (Fsp3) is 0.611. The van der Waals surface area contributed by atoms with E-state index in [0.717, 1.165) is 44.4 Å². The van der Waals surface area contributed by atoms with Crippen LogP contribution in [0.2, 0.25) is 0 Å². The van der Waals surface area contributed by atoms with E-state index >= 15 is 0 Å². The SMILES string of the molecule is CS(=O)(=O)N1CCC(c2cc(C3CCOCC3)cc3[nH]ncc23)CC1. The van der Waals surface area contributed by atoms with Crippen LogP contribution in [-0.2, 0) is 14.8 Å². The number of fused-ring (bicyclic) bond motifs is 1. The minimum absolute atomic E-state index is 0.387. The molecule has 3 heterocycles. The Morgan fingerprint density at radius 1 is 1.12 bits per heavy atom. The van der Waals surface area contributed by atoms with E-state index in [4.69, 9.17) is 4.74 Å². The molecule has 6 nitrogen and oxygen atoms in total. The number of hydrogen-bond donors (Lipinski definition) is 1. The second-order valence-electron chi connectivity index (χ2n) is 7.26. The van der Waals surface area contributed by atoms with Crippen molar-refractivity contribution in [3.05, 3.63) is 29.5 Å². The van der Waals surface area contributed by atoms with Crippen LogP contribution in [0.3, 0.4) is 0 Å². The van der Waals surface area contributed by atoms with E-state index in [1.54, 1.807) is 4.31 Å². The van der Waals surface area contributed by atoms with Gasteiger partial charge in [0.1, 0.15) is 0 Å². The third-order valence-electron chi connectivity index (χ3n) is 5.67. The monoisotopic (exact) mass is 363 g/mol. The molecule has 25 heavy (non-hydrogen) atoms. The van der Waals surface area contributed by atoms with Crippen LogP contribution in [-0.4, -0.2) is 55.5 Å². The fourth-order valence-electron chi connectivity index (χ4n) is 4.20. The van der Waals surface area contributed by atoms with Crippen LogP contribution in [0.5, 0.6) is 0 Å². The molecule has 0 atom stereocenters. The first-order valence-electron chi connectivity index (χ1n) is 9.02. The molecule has 0 spiro atoms. The molecule has 7 heteroatoms. The third-order valence-corrected chi connectivity index (χ3v) is 6.97. The zero-order valence-electron chi connectivity index (χ0n) is 14.6. The van der Waals surface area contributed by atoms with Gasteiger partial charge in [0, 0.05) is 31.7 Å². The highest BCUT2D eigenvalue weighted by molar-refractivity contribution is 7.88. The van der Waals surface area contributed by atoms with Gasteiger partial charge in [-0.2, -0.15) is 5.10 Å². The van der Waals surface area contributed by atoms with E-state index in [1.165, 1.54) is 22.8 Å². The van der Waals surface area contributed by atoms with Crippen LogP contribution < -0.4 is 0 Å². The highest BCUT2D eigenvalue weighted by atomic mass is 32.2. The lowest BCUT2D eigenvalue weighted by atomic mass is 9.83. The van der Waals surface area contributed by atoms with Crippen LogP contribution in [0, 0.1) is 0 Å². The Kier molecular flexibility index (Phi) is 4.56. The number of H-pyrrole nitrogens is 1. The van der Waals surface area contributed by atoms with E-state index in [0.29, 0.717) is 24.9 Å². The van der Waals surface area contributed by atoms with Gasteiger partial charge < -0.3 is 4.74 Å². The van der Waals surface area contributed by atoms with Crippen LogP contribution >= 0.6 is 0 Å². The summed E-state index contributed by atoms with van der Waals surface area (Å²) in [4.78, 5) is 0. The molecule has 1 aromatic heterocycles. The molecule has 1 N–H and O–H groups in total. The quantitative estimate of drug-likeness (QED) is 0.909. The number of aromatic amines is 1. The van der Waals surface area contributed by atoms with E-state index in [1.807, 2.05) is 6.20 Å². The molecule has 2 saturated heterocycles. The standard InChI is InChI=1S/C18H25N3O3S/c1-25(22,23)21-6-2-14(3-7-21)16-10-15(13-4-8-24-9-5-13)11-18-17(16)12-19-20-18/h10-14H,2-9H2,1H3,(H,19,20). The molecule has 0 aliphatic carbocycles. The van der Waals surface area contributed by atoms with Crippen LogP contribution in [0.15, 0.2) is 18.3 Å². The van der Waals surface area contributed by atoms with Gasteiger partial charge >= 0.3 is 0 Å². The summed E-state index contributed by atoms with van der Waals surface area (Å²) < 4.78 is 30.6. The van der Waals surface area contributed by atoms with Gasteiger partial charge in [0.2, 0.25) is 10.0 Å². The molecule has 136 valence electrons. The number of rotatable bonds is 3. The Morgan fingerprint density at radius 3 is 2.52 bits per heavy atom. The van der Waals surface area contributed by atoms with Gasteiger partial charge in [-0.3, -0.25) is 5.10 Å². The van der Waals surface area contributed by atoms with Crippen molar-refractivity contribution in [2.24, 2.45) is 0 Å². The van der Waals surface area contributed by atoms with Crippen molar-refractivity contribution in [1.29, 1.82) is 0 Å². The first-order chi connectivity index (χ1) is 12.0. The summed E-state index contributed by atoms with van der Waals surface area (Å²) in [6.45, 7) is 2.86. The van der Waals surface area contributed by atoms with E-state index in [-0.39, 0.29) is 0 Å². The van der Waals surface area contributed by atoms with Crippen LogP contribution in [0.1, 0.15) is 48.6 Å². The first-order valence-corrected chi connectivity index (χ1v) is 10.9. The predicted molar refractivity (Wildman–Crippen MR) is 97.3 cm³/mol. The molecular weight excluding hydrogens is 338 g/mol. The van der Waals surface area contributed by atoms with Crippen LogP contribution in [0.25, 0.3) is 10.9 Å². The van der Waals surface area contributed by atoms with Gasteiger partial charge in [-0.15, -0.1) is 0 Å². The number of ether oxygens (including phenoxy) is 1. The molecule has 2 aliphatic rings. The summed E-state index contributed by atoms with van der Waals surface area (Å²) in [7, 11) is -3.09. The normalized spacial score (nSPS) is 21.8. The lowest BCUT2D eigenvalue weighted by Gasteiger charge is -2.31. The van der Waals surface area contributed by atoms with Gasteiger partial charge in [0.25, 0.3) is 0 Å². The van der Waals surface area contributed by atoms with Crippen molar-refractivity contribution in [1.82, 2.24) is 14.5 Å². The zero-order valence-corrected chi connectivity index (χ0v) is 15.4. The molecule has 0 saturated carbocycles. The lowest BCUT2D eigenvalue weighted by molar-refractivity contribution is 0.0853. The second-order valence-corrected chi connectivity index (χ2v) is 9.25. The van der Waals surface area contributed by atoms with Gasteiger partial charge in [0.05, 0.1) is 18.0 Å². The number of piperidine rings is 1. The molecule has 0 amide bonds. The third kappa shape index (κ3) is 3.45. The Bertz CT molecular complexity index is 848. The molecule has 0 unspecified atom stereocenters. The van der Waals surface area contributed by atoms with Crippen molar-refractivity contribution in [3.63, 3.8) is 0 Å². The molecule has 1 aromatic carbocycles. The summed E-state index contributed by atoms with van der Waals surface area (Å²) in [5, 5.41) is 8.54. The van der Waals surface area contributed by atoms with Crippen LogP contribution in [0.4, 0.5) is 0 Å². The van der Waals surface area contributed by atoms with E-state index < -0.39 is 10.0 Å². The maximum Gasteiger partial charge on any atom is 0.211 e. The summed E-state index contributed by atoms with van der Waals surface area (Å²) in [6.07, 6.45) is 7.06. The summed E-state index contributed by atoms with van der Waals surface area (Å²) >= 11 is 0. The fourth-order valence-corrected chi connectivity index (χ4v) is 5.08. The van der Waals surface area contributed by atoms with Crippen molar-refractivity contribution < 1.29 is 13.2 Å². The Balaban J connectivity index is 1.63. The summed E-state index contributed by atoms with van der Waals surface area (Å²) in [5.74, 6) is 0.925. The summed E-state index contributed by atoms with van der Waals surface area (Å²) in [5.41, 5.74) is 3.77. The topological polar surface area (TPSA) is 75.3 Å². The maximum absolute atomic E-state index is 11.8. The molecule has 0 bridgehead atoms. The smallest absolute Gasteiger partial charge is 0.211 e. The molecule has 2 aromatic rings. The van der Waals surface area contributed by atoms with Crippen molar-refractivity contribution in [3.8, 4) is 0 Å². The number of nitrogens with one attached hydrogen (secondary N) is 1.